The minimum absolute atomic E-state index is 0.899. The lowest BCUT2D eigenvalue weighted by Gasteiger charge is -2.20. The number of nitrogens with zero attached hydrogens (tertiary/aromatic N) is 1. The van der Waals surface area contributed by atoms with E-state index in [2.05, 4.69) is 43.1 Å². The highest BCUT2D eigenvalue weighted by molar-refractivity contribution is 5.37. The minimum atomic E-state index is 0.899. The van der Waals surface area contributed by atoms with Crippen LogP contribution in [0.4, 0.5) is 0 Å². The van der Waals surface area contributed by atoms with Crippen molar-refractivity contribution in [1.29, 1.82) is 0 Å². The van der Waals surface area contributed by atoms with Gasteiger partial charge in [0.2, 0.25) is 0 Å². The summed E-state index contributed by atoms with van der Waals surface area (Å²) in [4.78, 5) is 2.65. The van der Waals surface area contributed by atoms with Crippen LogP contribution in [0.15, 0.2) is 12.1 Å². The van der Waals surface area contributed by atoms with E-state index in [9.17, 15) is 0 Å². The first-order chi connectivity index (χ1) is 8.63. The van der Waals surface area contributed by atoms with Crippen molar-refractivity contribution in [2.24, 2.45) is 11.8 Å². The summed E-state index contributed by atoms with van der Waals surface area (Å²) < 4.78 is 0. The molecule has 3 rings (SSSR count). The quantitative estimate of drug-likeness (QED) is 0.858. The highest BCUT2D eigenvalue weighted by atomic mass is 15.2. The summed E-state index contributed by atoms with van der Waals surface area (Å²) in [7, 11) is 0. The molecular formula is C16H24N2. The molecule has 0 saturated carbocycles. The molecule has 98 valence electrons. The van der Waals surface area contributed by atoms with Crippen LogP contribution in [0.1, 0.15) is 22.3 Å². The molecule has 1 aromatic carbocycles. The van der Waals surface area contributed by atoms with E-state index >= 15 is 0 Å². The SMILES string of the molecule is Cc1cc(C)c(CN2CC3CNCC3C2)c(C)c1. The normalized spacial score (nSPS) is 27.7. The maximum Gasteiger partial charge on any atom is 0.0239 e. The first kappa shape index (κ1) is 12.2. The fourth-order valence-corrected chi connectivity index (χ4v) is 3.76. The molecule has 0 bridgehead atoms. The van der Waals surface area contributed by atoms with Gasteiger partial charge < -0.3 is 5.32 Å². The standard InChI is InChI=1S/C16H24N2/c1-11-4-12(2)16(13(3)5-11)10-18-8-14-6-17-7-15(14)9-18/h4-5,14-15,17H,6-10H2,1-3H3. The number of fused-ring (bicyclic) bond motifs is 1. The molecule has 2 unspecified atom stereocenters. The zero-order chi connectivity index (χ0) is 12.7. The second-order valence-electron chi connectivity index (χ2n) is 6.25. The van der Waals surface area contributed by atoms with Gasteiger partial charge in [-0.25, -0.2) is 0 Å². The third-order valence-electron chi connectivity index (χ3n) is 4.69. The van der Waals surface area contributed by atoms with Crippen LogP contribution in [-0.2, 0) is 6.54 Å². The molecule has 2 heterocycles. The van der Waals surface area contributed by atoms with E-state index in [-0.39, 0.29) is 0 Å². The van der Waals surface area contributed by atoms with E-state index in [0.717, 1.165) is 18.4 Å². The molecule has 2 nitrogen and oxygen atoms in total. The lowest BCUT2D eigenvalue weighted by molar-refractivity contribution is 0.304. The van der Waals surface area contributed by atoms with Crippen molar-refractivity contribution < 1.29 is 0 Å². The second-order valence-corrected chi connectivity index (χ2v) is 6.25. The van der Waals surface area contributed by atoms with Crippen molar-refractivity contribution in [3.8, 4) is 0 Å². The van der Waals surface area contributed by atoms with Gasteiger partial charge in [0.1, 0.15) is 0 Å². The van der Waals surface area contributed by atoms with Crippen LogP contribution in [0.3, 0.4) is 0 Å². The van der Waals surface area contributed by atoms with Crippen LogP contribution >= 0.6 is 0 Å². The summed E-state index contributed by atoms with van der Waals surface area (Å²) in [5, 5.41) is 3.51. The Bertz CT molecular complexity index is 417. The van der Waals surface area contributed by atoms with E-state index in [1.165, 1.54) is 42.9 Å². The van der Waals surface area contributed by atoms with Crippen LogP contribution in [0, 0.1) is 32.6 Å². The molecule has 2 fully saturated rings. The molecule has 0 radical (unpaired) electrons. The van der Waals surface area contributed by atoms with Crippen molar-refractivity contribution in [3.05, 3.63) is 34.4 Å². The van der Waals surface area contributed by atoms with Crippen molar-refractivity contribution in [2.45, 2.75) is 27.3 Å². The lowest BCUT2D eigenvalue weighted by atomic mass is 9.99. The highest BCUT2D eigenvalue weighted by Crippen LogP contribution is 2.28. The summed E-state index contributed by atoms with van der Waals surface area (Å²) in [6.07, 6.45) is 0. The van der Waals surface area contributed by atoms with E-state index in [1.54, 1.807) is 5.56 Å². The van der Waals surface area contributed by atoms with Gasteiger partial charge in [0.25, 0.3) is 0 Å². The summed E-state index contributed by atoms with van der Waals surface area (Å²) in [5.74, 6) is 1.80. The first-order valence-corrected chi connectivity index (χ1v) is 7.13. The number of benzene rings is 1. The smallest absolute Gasteiger partial charge is 0.0239 e. The molecule has 2 atom stereocenters. The average molecular weight is 244 g/mol. The topological polar surface area (TPSA) is 15.3 Å². The number of nitrogens with one attached hydrogen (secondary N) is 1. The van der Waals surface area contributed by atoms with Gasteiger partial charge in [0.15, 0.2) is 0 Å². The van der Waals surface area contributed by atoms with Crippen LogP contribution in [0.5, 0.6) is 0 Å². The van der Waals surface area contributed by atoms with Gasteiger partial charge in [-0.3, -0.25) is 4.90 Å². The second kappa shape index (κ2) is 4.67. The number of rotatable bonds is 2. The van der Waals surface area contributed by atoms with Crippen LogP contribution < -0.4 is 5.32 Å². The number of likely N-dealkylation sites (tertiary alicyclic amines) is 1. The van der Waals surface area contributed by atoms with Gasteiger partial charge in [-0.15, -0.1) is 0 Å². The van der Waals surface area contributed by atoms with Crippen LogP contribution in [0.2, 0.25) is 0 Å². The number of hydrogen-bond donors (Lipinski definition) is 1. The van der Waals surface area contributed by atoms with Crippen LogP contribution in [0.25, 0.3) is 0 Å². The molecule has 18 heavy (non-hydrogen) atoms. The van der Waals surface area contributed by atoms with Gasteiger partial charge in [0.05, 0.1) is 0 Å². The molecule has 0 aromatic heterocycles. The fourth-order valence-electron chi connectivity index (χ4n) is 3.76. The maximum atomic E-state index is 3.51. The van der Waals surface area contributed by atoms with Gasteiger partial charge in [-0.2, -0.15) is 0 Å². The number of aryl methyl sites for hydroxylation is 3. The van der Waals surface area contributed by atoms with Crippen molar-refractivity contribution >= 4 is 0 Å². The van der Waals surface area contributed by atoms with E-state index in [0.29, 0.717) is 0 Å². The Morgan fingerprint density at radius 2 is 1.61 bits per heavy atom. The third kappa shape index (κ3) is 2.19. The van der Waals surface area contributed by atoms with Gasteiger partial charge >= 0.3 is 0 Å². The Balaban J connectivity index is 1.74. The molecular weight excluding hydrogens is 220 g/mol. The van der Waals surface area contributed by atoms with Crippen LogP contribution in [-0.4, -0.2) is 31.1 Å². The molecule has 0 aliphatic carbocycles. The zero-order valence-corrected chi connectivity index (χ0v) is 11.8. The highest BCUT2D eigenvalue weighted by Gasteiger charge is 2.35. The molecule has 2 aliphatic heterocycles. The minimum Gasteiger partial charge on any atom is -0.316 e. The maximum absolute atomic E-state index is 3.51. The molecule has 1 aromatic rings. The monoisotopic (exact) mass is 244 g/mol. The molecule has 1 N–H and O–H groups in total. The van der Waals surface area contributed by atoms with Crippen molar-refractivity contribution in [1.82, 2.24) is 10.2 Å². The summed E-state index contributed by atoms with van der Waals surface area (Å²) in [6.45, 7) is 12.9. The van der Waals surface area contributed by atoms with E-state index in [4.69, 9.17) is 0 Å². The molecule has 2 heteroatoms. The summed E-state index contributed by atoms with van der Waals surface area (Å²) in [6, 6.07) is 4.64. The zero-order valence-electron chi connectivity index (χ0n) is 11.8. The Labute approximate surface area is 110 Å². The Morgan fingerprint density at radius 1 is 1.06 bits per heavy atom. The number of hydrogen-bond acceptors (Lipinski definition) is 2. The predicted molar refractivity (Wildman–Crippen MR) is 75.8 cm³/mol. The third-order valence-corrected chi connectivity index (χ3v) is 4.69. The first-order valence-electron chi connectivity index (χ1n) is 7.13. The van der Waals surface area contributed by atoms with Gasteiger partial charge in [-0.05, 0) is 62.4 Å². The fraction of sp³-hybridized carbons (Fsp3) is 0.625. The predicted octanol–water partition coefficient (Wildman–Crippen LogP) is 2.26. The van der Waals surface area contributed by atoms with Crippen molar-refractivity contribution in [2.75, 3.05) is 26.2 Å². The Morgan fingerprint density at radius 3 is 2.17 bits per heavy atom. The average Bonchev–Trinajstić information content (AvgIpc) is 2.83. The molecule has 2 aliphatic rings. The van der Waals surface area contributed by atoms with Gasteiger partial charge in [-0.1, -0.05) is 17.7 Å². The molecule has 2 saturated heterocycles. The van der Waals surface area contributed by atoms with E-state index < -0.39 is 0 Å². The summed E-state index contributed by atoms with van der Waals surface area (Å²) >= 11 is 0. The lowest BCUT2D eigenvalue weighted by Crippen LogP contribution is -2.26. The molecule has 0 amide bonds. The largest absolute Gasteiger partial charge is 0.316 e. The van der Waals surface area contributed by atoms with Gasteiger partial charge in [0, 0.05) is 19.6 Å². The molecule has 0 spiro atoms. The van der Waals surface area contributed by atoms with E-state index in [1.807, 2.05) is 0 Å². The Hall–Kier alpha value is -0.860. The van der Waals surface area contributed by atoms with Crippen molar-refractivity contribution in [3.63, 3.8) is 0 Å². The Kier molecular flexibility index (Phi) is 3.16. The summed E-state index contributed by atoms with van der Waals surface area (Å²) in [5.41, 5.74) is 5.86.